The molecule has 2 fully saturated rings. The highest BCUT2D eigenvalue weighted by atomic mass is 16.8. The normalized spacial score (nSPS) is 43.9. The Labute approximate surface area is 143 Å². The van der Waals surface area contributed by atoms with Crippen molar-refractivity contribution in [3.8, 4) is 0 Å². The molecule has 3 aliphatic rings. The first-order valence-corrected chi connectivity index (χ1v) is 8.56. The first kappa shape index (κ1) is 17.9. The van der Waals surface area contributed by atoms with Gasteiger partial charge < -0.3 is 24.1 Å². The molecule has 0 aromatic rings. The summed E-state index contributed by atoms with van der Waals surface area (Å²) in [7, 11) is 0. The van der Waals surface area contributed by atoms with Gasteiger partial charge in [0.2, 0.25) is 0 Å². The van der Waals surface area contributed by atoms with Gasteiger partial charge in [0.15, 0.2) is 12.1 Å². The average molecular weight is 340 g/mol. The molecule has 0 aromatic heterocycles. The molecule has 6 heteroatoms. The van der Waals surface area contributed by atoms with Crippen LogP contribution >= 0.6 is 0 Å². The number of esters is 1. The molecule has 6 nitrogen and oxygen atoms in total. The molecule has 24 heavy (non-hydrogen) atoms. The third kappa shape index (κ3) is 2.69. The van der Waals surface area contributed by atoms with E-state index in [2.05, 4.69) is 0 Å². The van der Waals surface area contributed by atoms with Gasteiger partial charge in [0.05, 0.1) is 5.41 Å². The lowest BCUT2D eigenvalue weighted by atomic mass is 9.74. The lowest BCUT2D eigenvalue weighted by Gasteiger charge is -2.45. The minimum atomic E-state index is -1.05. The Morgan fingerprint density at radius 2 is 1.92 bits per heavy atom. The summed E-state index contributed by atoms with van der Waals surface area (Å²) >= 11 is 0. The Kier molecular flexibility index (Phi) is 4.11. The zero-order valence-electron chi connectivity index (χ0n) is 15.2. The monoisotopic (exact) mass is 340 g/mol. The van der Waals surface area contributed by atoms with Crippen molar-refractivity contribution in [1.29, 1.82) is 0 Å². The van der Waals surface area contributed by atoms with Crippen LogP contribution in [0.2, 0.25) is 0 Å². The molecule has 1 N–H and O–H groups in total. The van der Waals surface area contributed by atoms with Crippen molar-refractivity contribution in [3.63, 3.8) is 0 Å². The number of hydrogen-bond acceptors (Lipinski definition) is 6. The SMILES string of the molecule is C[C@@H]1[C@H]2OC(C)(C)O[C@H]2OC12C(O)C=CC[C@@H]2OC(=O)C(C)(C)C. The van der Waals surface area contributed by atoms with E-state index in [-0.39, 0.29) is 18.0 Å². The van der Waals surface area contributed by atoms with Crippen LogP contribution in [0.25, 0.3) is 0 Å². The van der Waals surface area contributed by atoms with E-state index in [4.69, 9.17) is 18.9 Å². The minimum absolute atomic E-state index is 0.193. The maximum absolute atomic E-state index is 12.4. The largest absolute Gasteiger partial charge is 0.458 e. The van der Waals surface area contributed by atoms with E-state index in [9.17, 15) is 9.90 Å². The number of rotatable bonds is 1. The topological polar surface area (TPSA) is 74.2 Å². The van der Waals surface area contributed by atoms with E-state index in [0.29, 0.717) is 6.42 Å². The van der Waals surface area contributed by atoms with Crippen molar-refractivity contribution < 1.29 is 28.8 Å². The van der Waals surface area contributed by atoms with Crippen LogP contribution in [0.1, 0.15) is 48.0 Å². The van der Waals surface area contributed by atoms with E-state index in [1.807, 2.05) is 26.8 Å². The second-order valence-corrected chi connectivity index (χ2v) is 8.48. The maximum atomic E-state index is 12.4. The summed E-state index contributed by atoms with van der Waals surface area (Å²) in [5.41, 5.74) is -1.68. The van der Waals surface area contributed by atoms with Gasteiger partial charge in [0, 0.05) is 12.3 Å². The van der Waals surface area contributed by atoms with Crippen molar-refractivity contribution in [2.24, 2.45) is 11.3 Å². The van der Waals surface area contributed by atoms with Crippen molar-refractivity contribution >= 4 is 5.97 Å². The molecule has 1 aliphatic carbocycles. The molecule has 0 radical (unpaired) electrons. The Morgan fingerprint density at radius 3 is 2.50 bits per heavy atom. The second kappa shape index (κ2) is 5.53. The molecule has 2 aliphatic heterocycles. The third-order valence-corrected chi connectivity index (χ3v) is 5.11. The van der Waals surface area contributed by atoms with Crippen LogP contribution in [0.3, 0.4) is 0 Å². The zero-order valence-corrected chi connectivity index (χ0v) is 15.2. The van der Waals surface area contributed by atoms with Crippen molar-refractivity contribution in [2.45, 2.75) is 84.0 Å². The molecular weight excluding hydrogens is 312 g/mol. The van der Waals surface area contributed by atoms with Gasteiger partial charge >= 0.3 is 5.97 Å². The van der Waals surface area contributed by atoms with Gasteiger partial charge in [-0.05, 0) is 34.6 Å². The third-order valence-electron chi connectivity index (χ3n) is 5.11. The number of hydrogen-bond donors (Lipinski definition) is 1. The highest BCUT2D eigenvalue weighted by Crippen LogP contribution is 2.51. The van der Waals surface area contributed by atoms with Crippen LogP contribution in [-0.2, 0) is 23.7 Å². The molecule has 0 saturated carbocycles. The number of fused-ring (bicyclic) bond motifs is 1. The number of aliphatic hydroxyl groups excluding tert-OH is 1. The van der Waals surface area contributed by atoms with Gasteiger partial charge in [-0.3, -0.25) is 4.79 Å². The summed E-state index contributed by atoms with van der Waals surface area (Å²) in [6, 6.07) is 0. The Balaban J connectivity index is 1.89. The first-order chi connectivity index (χ1) is 11.0. The van der Waals surface area contributed by atoms with E-state index < -0.39 is 35.3 Å². The zero-order chi connectivity index (χ0) is 17.9. The maximum Gasteiger partial charge on any atom is 0.311 e. The molecule has 0 aromatic carbocycles. The van der Waals surface area contributed by atoms with E-state index >= 15 is 0 Å². The molecule has 0 bridgehead atoms. The minimum Gasteiger partial charge on any atom is -0.458 e. The Bertz CT molecular complexity index is 548. The first-order valence-electron chi connectivity index (χ1n) is 8.56. The van der Waals surface area contributed by atoms with Crippen molar-refractivity contribution in [2.75, 3.05) is 0 Å². The summed E-state index contributed by atoms with van der Waals surface area (Å²) in [6.45, 7) is 11.0. The predicted octanol–water partition coefficient (Wildman–Crippen LogP) is 2.15. The molecule has 136 valence electrons. The van der Waals surface area contributed by atoms with Crippen LogP contribution in [0.4, 0.5) is 0 Å². The fourth-order valence-corrected chi connectivity index (χ4v) is 3.76. The Morgan fingerprint density at radius 1 is 1.25 bits per heavy atom. The fraction of sp³-hybridized carbons (Fsp3) is 0.833. The van der Waals surface area contributed by atoms with Gasteiger partial charge in [-0.2, -0.15) is 0 Å². The van der Waals surface area contributed by atoms with Gasteiger partial charge in [-0.1, -0.05) is 19.1 Å². The summed E-state index contributed by atoms with van der Waals surface area (Å²) in [5, 5.41) is 10.7. The van der Waals surface area contributed by atoms with Gasteiger partial charge in [0.1, 0.15) is 23.9 Å². The molecule has 6 atom stereocenters. The second-order valence-electron chi connectivity index (χ2n) is 8.48. The lowest BCUT2D eigenvalue weighted by Crippen LogP contribution is -2.59. The lowest BCUT2D eigenvalue weighted by molar-refractivity contribution is -0.271. The van der Waals surface area contributed by atoms with Crippen LogP contribution < -0.4 is 0 Å². The summed E-state index contributed by atoms with van der Waals surface area (Å²) in [6.07, 6.45) is 1.66. The molecule has 0 amide bonds. The van der Waals surface area contributed by atoms with Crippen LogP contribution in [0.5, 0.6) is 0 Å². The summed E-state index contributed by atoms with van der Waals surface area (Å²) < 4.78 is 23.7. The van der Waals surface area contributed by atoms with Crippen molar-refractivity contribution in [1.82, 2.24) is 0 Å². The number of carbonyl (C=O) groups is 1. The molecule has 2 unspecified atom stereocenters. The van der Waals surface area contributed by atoms with Gasteiger partial charge in [-0.25, -0.2) is 0 Å². The number of carbonyl (C=O) groups excluding carboxylic acids is 1. The Hall–Kier alpha value is -0.950. The predicted molar refractivity (Wildman–Crippen MR) is 85.9 cm³/mol. The molecule has 2 saturated heterocycles. The molecular formula is C18H28O6. The average Bonchev–Trinajstić information content (AvgIpc) is 2.87. The molecule has 1 spiro atoms. The highest BCUT2D eigenvalue weighted by Gasteiger charge is 2.66. The smallest absolute Gasteiger partial charge is 0.311 e. The molecule has 2 heterocycles. The highest BCUT2D eigenvalue weighted by molar-refractivity contribution is 5.75. The summed E-state index contributed by atoms with van der Waals surface area (Å²) in [4.78, 5) is 12.4. The summed E-state index contributed by atoms with van der Waals surface area (Å²) in [5.74, 6) is -1.23. The van der Waals surface area contributed by atoms with Gasteiger partial charge in [0.25, 0.3) is 0 Å². The number of ether oxygens (including phenoxy) is 4. The van der Waals surface area contributed by atoms with Gasteiger partial charge in [-0.15, -0.1) is 0 Å². The number of aliphatic hydroxyl groups is 1. The van der Waals surface area contributed by atoms with Crippen LogP contribution in [-0.4, -0.2) is 47.1 Å². The standard InChI is InChI=1S/C18H28O6/c1-10-13-14(23-17(5,6)22-13)24-18(10)11(19)8-7-9-12(18)21-15(20)16(2,3)4/h7-8,10-14,19H,9H2,1-6H3/t10-,11?,12+,13-,14+,18?/m1/s1. The van der Waals surface area contributed by atoms with Crippen molar-refractivity contribution in [3.05, 3.63) is 12.2 Å². The molecule has 3 rings (SSSR count). The quantitative estimate of drug-likeness (QED) is 0.582. The van der Waals surface area contributed by atoms with E-state index in [0.717, 1.165) is 0 Å². The van der Waals surface area contributed by atoms with Crippen LogP contribution in [0, 0.1) is 11.3 Å². The van der Waals surface area contributed by atoms with E-state index in [1.54, 1.807) is 26.8 Å². The van der Waals surface area contributed by atoms with Crippen LogP contribution in [0.15, 0.2) is 12.2 Å². The van der Waals surface area contributed by atoms with E-state index in [1.165, 1.54) is 0 Å². The fourth-order valence-electron chi connectivity index (χ4n) is 3.76.